The van der Waals surface area contributed by atoms with Crippen LogP contribution in [0.1, 0.15) is 37.7 Å². The van der Waals surface area contributed by atoms with Crippen molar-refractivity contribution in [2.24, 2.45) is 0 Å². The minimum Gasteiger partial charge on any atom is -0.497 e. The van der Waals surface area contributed by atoms with E-state index in [4.69, 9.17) is 4.74 Å². The molecule has 1 aromatic rings. The van der Waals surface area contributed by atoms with Crippen molar-refractivity contribution in [2.45, 2.75) is 37.5 Å². The number of halogens is 1. The van der Waals surface area contributed by atoms with Crippen molar-refractivity contribution < 1.29 is 14.6 Å². The minimum absolute atomic E-state index is 0.702. The quantitative estimate of drug-likeness (QED) is 0.924. The van der Waals surface area contributed by atoms with Crippen LogP contribution in [-0.2, 0) is 10.2 Å². The van der Waals surface area contributed by atoms with Crippen LogP contribution in [0.15, 0.2) is 22.7 Å². The van der Waals surface area contributed by atoms with Crippen LogP contribution >= 0.6 is 15.9 Å². The molecule has 1 aliphatic carbocycles. The predicted octanol–water partition coefficient (Wildman–Crippen LogP) is 3.74. The van der Waals surface area contributed by atoms with Crippen molar-refractivity contribution in [1.82, 2.24) is 0 Å². The summed E-state index contributed by atoms with van der Waals surface area (Å²) in [6, 6.07) is 5.56. The van der Waals surface area contributed by atoms with Crippen LogP contribution < -0.4 is 4.74 Å². The number of methoxy groups -OCH3 is 1. The van der Waals surface area contributed by atoms with Crippen LogP contribution in [0.25, 0.3) is 0 Å². The van der Waals surface area contributed by atoms with E-state index in [0.717, 1.165) is 29.3 Å². The van der Waals surface area contributed by atoms with Gasteiger partial charge in [-0.25, -0.2) is 0 Å². The highest BCUT2D eigenvalue weighted by Crippen LogP contribution is 2.43. The molecule has 0 aliphatic heterocycles. The lowest BCUT2D eigenvalue weighted by Gasteiger charge is -2.34. The first-order valence-corrected chi connectivity index (χ1v) is 6.97. The molecular weight excluding hydrogens is 296 g/mol. The first-order chi connectivity index (χ1) is 8.60. The monoisotopic (exact) mass is 312 g/mol. The Morgan fingerprint density at radius 1 is 1.33 bits per heavy atom. The maximum Gasteiger partial charge on any atom is 0.314 e. The third-order valence-electron chi connectivity index (χ3n) is 3.81. The molecule has 18 heavy (non-hydrogen) atoms. The number of carbonyl (C=O) groups is 1. The molecule has 2 rings (SSSR count). The number of rotatable bonds is 3. The smallest absolute Gasteiger partial charge is 0.314 e. The molecule has 0 saturated heterocycles. The van der Waals surface area contributed by atoms with Crippen molar-refractivity contribution in [3.8, 4) is 5.75 Å². The van der Waals surface area contributed by atoms with Gasteiger partial charge in [0.15, 0.2) is 0 Å². The molecular formula is C14H17BrO3. The second-order valence-corrected chi connectivity index (χ2v) is 5.65. The highest BCUT2D eigenvalue weighted by molar-refractivity contribution is 9.10. The molecule has 1 fully saturated rings. The van der Waals surface area contributed by atoms with Gasteiger partial charge in [0.1, 0.15) is 5.75 Å². The lowest BCUT2D eigenvalue weighted by molar-refractivity contribution is -0.145. The largest absolute Gasteiger partial charge is 0.497 e. The molecule has 4 heteroatoms. The zero-order valence-corrected chi connectivity index (χ0v) is 12.0. The van der Waals surface area contributed by atoms with Gasteiger partial charge in [0.05, 0.1) is 12.5 Å². The Bertz CT molecular complexity index is 450. The Morgan fingerprint density at radius 3 is 2.56 bits per heavy atom. The van der Waals surface area contributed by atoms with Gasteiger partial charge >= 0.3 is 5.97 Å². The average molecular weight is 313 g/mol. The molecule has 1 saturated carbocycles. The number of carboxylic acid groups (broad SMARTS) is 1. The summed E-state index contributed by atoms with van der Waals surface area (Å²) in [5, 5.41) is 9.67. The fraction of sp³-hybridized carbons (Fsp3) is 0.500. The third-order valence-corrected chi connectivity index (χ3v) is 4.50. The fourth-order valence-electron chi connectivity index (χ4n) is 2.75. The van der Waals surface area contributed by atoms with Crippen LogP contribution in [0.3, 0.4) is 0 Å². The molecule has 0 aromatic heterocycles. The van der Waals surface area contributed by atoms with Gasteiger partial charge in [0.25, 0.3) is 0 Å². The van der Waals surface area contributed by atoms with E-state index >= 15 is 0 Å². The Morgan fingerprint density at radius 2 is 2.00 bits per heavy atom. The Balaban J connectivity index is 2.51. The molecule has 0 amide bonds. The molecule has 0 bridgehead atoms. The van der Waals surface area contributed by atoms with Gasteiger partial charge in [0.2, 0.25) is 0 Å². The molecule has 98 valence electrons. The Kier molecular flexibility index (Phi) is 3.95. The summed E-state index contributed by atoms with van der Waals surface area (Å²) >= 11 is 3.48. The van der Waals surface area contributed by atoms with Crippen LogP contribution in [-0.4, -0.2) is 18.2 Å². The van der Waals surface area contributed by atoms with E-state index in [1.165, 1.54) is 0 Å². The number of hydrogen-bond acceptors (Lipinski definition) is 2. The lowest BCUT2D eigenvalue weighted by atomic mass is 9.69. The predicted molar refractivity (Wildman–Crippen MR) is 73.1 cm³/mol. The highest BCUT2D eigenvalue weighted by atomic mass is 79.9. The van der Waals surface area contributed by atoms with E-state index in [2.05, 4.69) is 15.9 Å². The molecule has 3 nitrogen and oxygen atoms in total. The molecule has 0 radical (unpaired) electrons. The number of aliphatic carboxylic acids is 1. The summed E-state index contributed by atoms with van der Waals surface area (Å²) in [5.41, 5.74) is 0.0834. The van der Waals surface area contributed by atoms with Crippen LogP contribution in [0, 0.1) is 0 Å². The molecule has 0 atom stereocenters. The summed E-state index contributed by atoms with van der Waals surface area (Å²) in [6.07, 6.45) is 4.46. The third kappa shape index (κ3) is 2.26. The van der Waals surface area contributed by atoms with Crippen molar-refractivity contribution in [2.75, 3.05) is 7.11 Å². The maximum atomic E-state index is 11.8. The summed E-state index contributed by atoms with van der Waals surface area (Å²) < 4.78 is 6.07. The molecule has 1 aliphatic rings. The van der Waals surface area contributed by atoms with Gasteiger partial charge < -0.3 is 9.84 Å². The van der Waals surface area contributed by atoms with Gasteiger partial charge in [-0.1, -0.05) is 35.2 Å². The second-order valence-electron chi connectivity index (χ2n) is 4.79. The molecule has 1 aromatic carbocycles. The zero-order chi connectivity index (χ0) is 13.2. The van der Waals surface area contributed by atoms with Gasteiger partial charge in [-0.2, -0.15) is 0 Å². The molecule has 0 heterocycles. The standard InChI is InChI=1S/C14H17BrO3/c1-18-10-5-6-12(15)11(9-10)14(13(16)17)7-3-2-4-8-14/h5-6,9H,2-4,7-8H2,1H3,(H,16,17). The molecule has 1 N–H and O–H groups in total. The second kappa shape index (κ2) is 5.31. The van der Waals surface area contributed by atoms with E-state index in [1.807, 2.05) is 18.2 Å². The topological polar surface area (TPSA) is 46.5 Å². The van der Waals surface area contributed by atoms with Gasteiger partial charge in [0, 0.05) is 4.47 Å². The average Bonchev–Trinajstić information content (AvgIpc) is 2.40. The van der Waals surface area contributed by atoms with Gasteiger partial charge in [-0.3, -0.25) is 4.79 Å². The lowest BCUT2D eigenvalue weighted by Crippen LogP contribution is -2.38. The number of benzene rings is 1. The van der Waals surface area contributed by atoms with Crippen molar-refractivity contribution in [3.05, 3.63) is 28.2 Å². The summed E-state index contributed by atoms with van der Waals surface area (Å²) in [5.74, 6) is -0.0180. The maximum absolute atomic E-state index is 11.8. The first kappa shape index (κ1) is 13.4. The normalized spacial score (nSPS) is 18.3. The summed E-state index contributed by atoms with van der Waals surface area (Å²) in [6.45, 7) is 0. The van der Waals surface area contributed by atoms with E-state index < -0.39 is 11.4 Å². The number of hydrogen-bond donors (Lipinski definition) is 1. The summed E-state index contributed by atoms with van der Waals surface area (Å²) in [4.78, 5) is 11.8. The molecule has 0 spiro atoms. The number of ether oxygens (including phenoxy) is 1. The molecule has 0 unspecified atom stereocenters. The van der Waals surface area contributed by atoms with E-state index in [9.17, 15) is 9.90 Å². The zero-order valence-electron chi connectivity index (χ0n) is 10.4. The van der Waals surface area contributed by atoms with Crippen molar-refractivity contribution >= 4 is 21.9 Å². The van der Waals surface area contributed by atoms with Crippen LogP contribution in [0.5, 0.6) is 5.75 Å². The van der Waals surface area contributed by atoms with Gasteiger partial charge in [-0.05, 0) is 36.6 Å². The first-order valence-electron chi connectivity index (χ1n) is 6.17. The van der Waals surface area contributed by atoms with E-state index in [-0.39, 0.29) is 0 Å². The fourth-order valence-corrected chi connectivity index (χ4v) is 3.38. The SMILES string of the molecule is COc1ccc(Br)c(C2(C(=O)O)CCCCC2)c1. The number of carboxylic acids is 1. The Labute approximate surface area is 115 Å². The minimum atomic E-state index is -0.758. The Hall–Kier alpha value is -1.03. The van der Waals surface area contributed by atoms with Crippen molar-refractivity contribution in [1.29, 1.82) is 0 Å². The summed E-state index contributed by atoms with van der Waals surface area (Å²) in [7, 11) is 1.60. The van der Waals surface area contributed by atoms with Gasteiger partial charge in [-0.15, -0.1) is 0 Å². The van der Waals surface area contributed by atoms with E-state index in [1.54, 1.807) is 7.11 Å². The van der Waals surface area contributed by atoms with Crippen molar-refractivity contribution in [3.63, 3.8) is 0 Å². The van der Waals surface area contributed by atoms with Crippen LogP contribution in [0.2, 0.25) is 0 Å². The highest BCUT2D eigenvalue weighted by Gasteiger charge is 2.42. The van der Waals surface area contributed by atoms with Crippen LogP contribution in [0.4, 0.5) is 0 Å². The van der Waals surface area contributed by atoms with E-state index in [0.29, 0.717) is 18.6 Å².